The van der Waals surface area contributed by atoms with Crippen LogP contribution in [0.1, 0.15) is 67.4 Å². The van der Waals surface area contributed by atoms with Gasteiger partial charge in [-0.1, -0.05) is 18.2 Å². The van der Waals surface area contributed by atoms with Gasteiger partial charge in [-0.3, -0.25) is 19.0 Å². The summed E-state index contributed by atoms with van der Waals surface area (Å²) in [6, 6.07) is 10.2. The van der Waals surface area contributed by atoms with E-state index in [1.807, 2.05) is 38.1 Å². The predicted molar refractivity (Wildman–Crippen MR) is 145 cm³/mol. The molecule has 0 unspecified atom stereocenters. The van der Waals surface area contributed by atoms with Crippen LogP contribution in [0.5, 0.6) is 5.75 Å². The Bertz CT molecular complexity index is 1430. The van der Waals surface area contributed by atoms with E-state index in [0.717, 1.165) is 18.4 Å². The van der Waals surface area contributed by atoms with Crippen molar-refractivity contribution in [2.75, 3.05) is 11.9 Å². The Balaban J connectivity index is 1.59. The molecule has 1 aromatic heterocycles. The largest absolute Gasteiger partial charge is 0.493 e. The van der Waals surface area contributed by atoms with Crippen molar-refractivity contribution in [3.05, 3.63) is 81.7 Å². The molecule has 1 heterocycles. The smallest absolute Gasteiger partial charge is 0.303 e. The third-order valence-corrected chi connectivity index (χ3v) is 6.63. The normalized spacial score (nSPS) is 13.1. The van der Waals surface area contributed by atoms with Crippen molar-refractivity contribution in [1.29, 1.82) is 0 Å². The quantitative estimate of drug-likeness (QED) is 0.290. The van der Waals surface area contributed by atoms with Gasteiger partial charge in [0.25, 0.3) is 11.5 Å². The summed E-state index contributed by atoms with van der Waals surface area (Å²) in [5, 5.41) is 14.9. The molecular weight excluding hydrogens is 503 g/mol. The summed E-state index contributed by atoms with van der Waals surface area (Å²) < 4.78 is 22.1. The molecule has 9 nitrogen and oxygen atoms in total. The van der Waals surface area contributed by atoms with E-state index >= 15 is 0 Å². The molecule has 1 amide bonds. The molecule has 206 valence electrons. The number of nitrogens with zero attached hydrogens (tertiary/aromatic N) is 2. The number of carboxylic acid groups (broad SMARTS) is 1. The number of para-hydroxylation sites is 1. The number of amides is 1. The average molecular weight is 537 g/mol. The van der Waals surface area contributed by atoms with Crippen molar-refractivity contribution in [3.8, 4) is 11.4 Å². The van der Waals surface area contributed by atoms with E-state index in [9.17, 15) is 18.8 Å². The molecule has 0 radical (unpaired) electrons. The summed E-state index contributed by atoms with van der Waals surface area (Å²) in [5.74, 6) is -1.14. The first-order valence-corrected chi connectivity index (χ1v) is 13.0. The van der Waals surface area contributed by atoms with Gasteiger partial charge in [0.2, 0.25) is 0 Å². The number of carbonyl (C=O) groups is 2. The van der Waals surface area contributed by atoms with E-state index in [-0.39, 0.29) is 41.0 Å². The van der Waals surface area contributed by atoms with Crippen molar-refractivity contribution < 1.29 is 23.8 Å². The van der Waals surface area contributed by atoms with Gasteiger partial charge in [0.15, 0.2) is 5.82 Å². The van der Waals surface area contributed by atoms with Crippen LogP contribution in [0.25, 0.3) is 5.69 Å². The molecule has 1 aliphatic rings. The van der Waals surface area contributed by atoms with Gasteiger partial charge in [0.1, 0.15) is 11.6 Å². The van der Waals surface area contributed by atoms with Gasteiger partial charge in [0.05, 0.1) is 17.8 Å². The lowest BCUT2D eigenvalue weighted by Crippen LogP contribution is -2.34. The number of hydrogen-bond acceptors (Lipinski definition) is 6. The van der Waals surface area contributed by atoms with E-state index in [1.54, 1.807) is 6.92 Å². The van der Waals surface area contributed by atoms with Crippen molar-refractivity contribution in [2.24, 2.45) is 0 Å². The van der Waals surface area contributed by atoms with Gasteiger partial charge in [-0.2, -0.15) is 0 Å². The van der Waals surface area contributed by atoms with Crippen LogP contribution in [-0.4, -0.2) is 39.2 Å². The van der Waals surface area contributed by atoms with Crippen molar-refractivity contribution in [1.82, 2.24) is 14.9 Å². The summed E-state index contributed by atoms with van der Waals surface area (Å²) in [5.41, 5.74) is 0.121. The van der Waals surface area contributed by atoms with Gasteiger partial charge in [-0.15, -0.1) is 0 Å². The van der Waals surface area contributed by atoms with Crippen LogP contribution in [-0.2, 0) is 10.3 Å². The van der Waals surface area contributed by atoms with E-state index < -0.39 is 22.9 Å². The molecule has 1 fully saturated rings. The summed E-state index contributed by atoms with van der Waals surface area (Å²) in [7, 11) is 0. The molecule has 0 bridgehead atoms. The molecule has 1 saturated carbocycles. The topological polar surface area (TPSA) is 123 Å². The third-order valence-electron chi connectivity index (χ3n) is 6.63. The number of nitrogens with one attached hydrogen (secondary N) is 2. The number of anilines is 1. The number of benzene rings is 2. The lowest BCUT2D eigenvalue weighted by Gasteiger charge is -2.29. The van der Waals surface area contributed by atoms with Crippen LogP contribution in [0, 0.1) is 12.7 Å². The van der Waals surface area contributed by atoms with Gasteiger partial charge < -0.3 is 20.5 Å². The lowest BCUT2D eigenvalue weighted by atomic mass is 9.93. The van der Waals surface area contributed by atoms with Crippen LogP contribution in [0.2, 0.25) is 0 Å². The number of hydrogen-bond donors (Lipinski definition) is 3. The summed E-state index contributed by atoms with van der Waals surface area (Å²) in [6.45, 7) is 5.67. The SMILES string of the molecule is Cc1c(F)cc(C(=O)NC2CC2)cc1-n1ccnc(NC(C)(C)c2ccccc2OCCCCC(=O)O)c1=O. The number of unbranched alkanes of at least 4 members (excludes halogenated alkanes) is 1. The molecule has 0 atom stereocenters. The number of carboxylic acids is 1. The minimum absolute atomic E-state index is 0.0476. The number of rotatable bonds is 12. The Kier molecular flexibility index (Phi) is 8.32. The maximum Gasteiger partial charge on any atom is 0.303 e. The first-order valence-electron chi connectivity index (χ1n) is 13.0. The molecular formula is C29H33FN4O5. The summed E-state index contributed by atoms with van der Waals surface area (Å²) in [6.07, 6.45) is 5.88. The molecule has 2 aromatic carbocycles. The van der Waals surface area contributed by atoms with E-state index in [0.29, 0.717) is 25.2 Å². The van der Waals surface area contributed by atoms with Crippen LogP contribution < -0.4 is 20.9 Å². The Morgan fingerprint density at radius 1 is 1.21 bits per heavy atom. The molecule has 0 spiro atoms. The third kappa shape index (κ3) is 6.81. The number of carbonyl (C=O) groups excluding carboxylic acids is 1. The molecule has 10 heteroatoms. The minimum Gasteiger partial charge on any atom is -0.493 e. The summed E-state index contributed by atoms with van der Waals surface area (Å²) >= 11 is 0. The maximum absolute atomic E-state index is 14.8. The van der Waals surface area contributed by atoms with Crippen LogP contribution >= 0.6 is 0 Å². The molecule has 39 heavy (non-hydrogen) atoms. The Morgan fingerprint density at radius 3 is 2.67 bits per heavy atom. The first kappa shape index (κ1) is 27.8. The molecule has 0 aliphatic heterocycles. The zero-order chi connectivity index (χ0) is 28.2. The lowest BCUT2D eigenvalue weighted by molar-refractivity contribution is -0.137. The van der Waals surface area contributed by atoms with Crippen LogP contribution in [0.3, 0.4) is 0 Å². The van der Waals surface area contributed by atoms with Crippen molar-refractivity contribution in [3.63, 3.8) is 0 Å². The van der Waals surface area contributed by atoms with Gasteiger partial charge in [-0.25, -0.2) is 9.37 Å². The van der Waals surface area contributed by atoms with Gasteiger partial charge in [0, 0.05) is 41.5 Å². The Morgan fingerprint density at radius 2 is 1.95 bits per heavy atom. The van der Waals surface area contributed by atoms with E-state index in [2.05, 4.69) is 15.6 Å². The van der Waals surface area contributed by atoms with Crippen molar-refractivity contribution >= 4 is 17.7 Å². The van der Waals surface area contributed by atoms with Crippen molar-refractivity contribution in [2.45, 2.75) is 64.5 Å². The fourth-order valence-electron chi connectivity index (χ4n) is 4.26. The molecule has 1 aliphatic carbocycles. The second-order valence-corrected chi connectivity index (χ2v) is 10.2. The van der Waals surface area contributed by atoms with Gasteiger partial charge >= 0.3 is 5.97 Å². The van der Waals surface area contributed by atoms with Gasteiger partial charge in [-0.05, 0) is 64.7 Å². The summed E-state index contributed by atoms with van der Waals surface area (Å²) in [4.78, 5) is 41.1. The first-order chi connectivity index (χ1) is 18.6. The monoisotopic (exact) mass is 536 g/mol. The number of aliphatic carboxylic acids is 1. The molecule has 0 saturated heterocycles. The average Bonchev–Trinajstić information content (AvgIpc) is 3.71. The van der Waals surface area contributed by atoms with E-state index in [4.69, 9.17) is 9.84 Å². The zero-order valence-electron chi connectivity index (χ0n) is 22.3. The highest BCUT2D eigenvalue weighted by Gasteiger charge is 2.27. The zero-order valence-corrected chi connectivity index (χ0v) is 22.3. The maximum atomic E-state index is 14.8. The molecule has 3 N–H and O–H groups in total. The minimum atomic E-state index is -0.840. The molecule has 3 aromatic rings. The van der Waals surface area contributed by atoms with E-state index in [1.165, 1.54) is 29.1 Å². The van der Waals surface area contributed by atoms with Crippen LogP contribution in [0.4, 0.5) is 10.2 Å². The number of halogens is 1. The fourth-order valence-corrected chi connectivity index (χ4v) is 4.26. The fraction of sp³-hybridized carbons (Fsp3) is 0.379. The number of aromatic nitrogens is 2. The highest BCUT2D eigenvalue weighted by atomic mass is 19.1. The number of ether oxygens (including phenoxy) is 1. The highest BCUT2D eigenvalue weighted by Crippen LogP contribution is 2.32. The standard InChI is InChI=1S/C29H33FN4O5/c1-18-22(30)16-19(27(37)32-20-11-12-20)17-23(18)34-14-13-31-26(28(34)38)33-29(2,3)21-8-4-5-9-24(21)39-15-7-6-10-25(35)36/h4-5,8-9,13-14,16-17,20H,6-7,10-12,15H2,1-3H3,(H,31,33)(H,32,37)(H,35,36). The Labute approximate surface area is 226 Å². The Hall–Kier alpha value is -4.21. The molecule has 4 rings (SSSR count). The second-order valence-electron chi connectivity index (χ2n) is 10.2. The predicted octanol–water partition coefficient (Wildman–Crippen LogP) is 4.55. The van der Waals surface area contributed by atoms with Crippen LogP contribution in [0.15, 0.2) is 53.6 Å². The second kappa shape index (κ2) is 11.7. The highest BCUT2D eigenvalue weighted by molar-refractivity contribution is 5.95.